The zero-order valence-corrected chi connectivity index (χ0v) is 19.8. The van der Waals surface area contributed by atoms with E-state index in [0.717, 1.165) is 35.4 Å². The summed E-state index contributed by atoms with van der Waals surface area (Å²) in [5.74, 6) is 0.845. The number of nitrogens with zero attached hydrogens (tertiary/aromatic N) is 2. The second-order valence-corrected chi connectivity index (χ2v) is 9.64. The molecule has 0 spiro atoms. The molecule has 1 amide bonds. The van der Waals surface area contributed by atoms with Crippen molar-refractivity contribution in [3.63, 3.8) is 0 Å². The lowest BCUT2D eigenvalue weighted by atomic mass is 10.1. The monoisotopic (exact) mass is 474 g/mol. The molecule has 1 aliphatic rings. The van der Waals surface area contributed by atoms with Gasteiger partial charge >= 0.3 is 6.09 Å². The minimum absolute atomic E-state index is 0.112. The highest BCUT2D eigenvalue weighted by molar-refractivity contribution is 9.10. The summed E-state index contributed by atoms with van der Waals surface area (Å²) in [5.41, 5.74) is 1.89. The van der Waals surface area contributed by atoms with Gasteiger partial charge < -0.3 is 14.4 Å². The smallest absolute Gasteiger partial charge is 0.410 e. The van der Waals surface area contributed by atoms with E-state index in [1.165, 1.54) is 5.56 Å². The first kappa shape index (κ1) is 22.6. The van der Waals surface area contributed by atoms with Crippen LogP contribution in [0.5, 0.6) is 5.75 Å². The maximum absolute atomic E-state index is 12.4. The lowest BCUT2D eigenvalue weighted by Gasteiger charge is -2.40. The zero-order valence-electron chi connectivity index (χ0n) is 18.2. The van der Waals surface area contributed by atoms with Crippen molar-refractivity contribution in [2.24, 2.45) is 0 Å². The maximum atomic E-state index is 12.4. The summed E-state index contributed by atoms with van der Waals surface area (Å²) in [6, 6.07) is 16.4. The van der Waals surface area contributed by atoms with Crippen molar-refractivity contribution in [1.29, 1.82) is 0 Å². The fourth-order valence-electron chi connectivity index (χ4n) is 3.50. The molecule has 2 aromatic rings. The van der Waals surface area contributed by atoms with Gasteiger partial charge in [-0.3, -0.25) is 4.90 Å². The van der Waals surface area contributed by atoms with Crippen LogP contribution in [0.2, 0.25) is 0 Å². The first-order valence-corrected chi connectivity index (χ1v) is 11.2. The van der Waals surface area contributed by atoms with E-state index in [1.54, 1.807) is 0 Å². The number of carbonyl (C=O) groups is 1. The number of hydrogen-bond acceptors (Lipinski definition) is 4. The Hall–Kier alpha value is -2.05. The van der Waals surface area contributed by atoms with Gasteiger partial charge in [0.25, 0.3) is 0 Å². The van der Waals surface area contributed by atoms with E-state index in [2.05, 4.69) is 46.0 Å². The molecule has 0 unspecified atom stereocenters. The Labute approximate surface area is 188 Å². The van der Waals surface area contributed by atoms with Crippen molar-refractivity contribution in [3.8, 4) is 5.75 Å². The van der Waals surface area contributed by atoms with Gasteiger partial charge in [0.2, 0.25) is 0 Å². The van der Waals surface area contributed by atoms with Crippen molar-refractivity contribution in [2.45, 2.75) is 52.5 Å². The third kappa shape index (κ3) is 6.47. The van der Waals surface area contributed by atoms with Crippen molar-refractivity contribution in [1.82, 2.24) is 9.80 Å². The number of piperazine rings is 1. The van der Waals surface area contributed by atoms with Crippen LogP contribution in [0, 0.1) is 0 Å². The van der Waals surface area contributed by atoms with Gasteiger partial charge in [0, 0.05) is 36.7 Å². The maximum Gasteiger partial charge on any atom is 0.410 e. The number of halogens is 1. The van der Waals surface area contributed by atoms with Crippen LogP contribution in [0.4, 0.5) is 4.79 Å². The first-order chi connectivity index (χ1) is 14.2. The van der Waals surface area contributed by atoms with Gasteiger partial charge in [-0.2, -0.15) is 0 Å². The molecule has 0 aliphatic carbocycles. The number of hydrogen-bond donors (Lipinski definition) is 0. The van der Waals surface area contributed by atoms with Gasteiger partial charge in [0.15, 0.2) is 0 Å². The lowest BCUT2D eigenvalue weighted by molar-refractivity contribution is 0.000535. The Kier molecular flexibility index (Phi) is 7.42. The normalized spacial score (nSPS) is 17.6. The molecule has 3 rings (SSSR count). The SMILES string of the molecule is C[C@H]1CN(Cc2ccc(OCc3ccccc3)cc2Br)CCN1C(=O)OC(C)(C)C. The molecule has 0 saturated carbocycles. The van der Waals surface area contributed by atoms with Crippen LogP contribution in [-0.2, 0) is 17.9 Å². The molecule has 6 heteroatoms. The fraction of sp³-hybridized carbons (Fsp3) is 0.458. The Morgan fingerprint density at radius 3 is 2.50 bits per heavy atom. The number of rotatable bonds is 5. The molecule has 0 radical (unpaired) electrons. The quantitative estimate of drug-likeness (QED) is 0.575. The molecule has 0 aromatic heterocycles. The summed E-state index contributed by atoms with van der Waals surface area (Å²) >= 11 is 3.69. The van der Waals surface area contributed by atoms with E-state index >= 15 is 0 Å². The molecule has 2 aromatic carbocycles. The number of amides is 1. The minimum atomic E-state index is -0.469. The van der Waals surface area contributed by atoms with Crippen LogP contribution in [0.1, 0.15) is 38.8 Å². The molecular weight excluding hydrogens is 444 g/mol. The Morgan fingerprint density at radius 2 is 1.87 bits per heavy atom. The van der Waals surface area contributed by atoms with E-state index < -0.39 is 5.60 Å². The number of ether oxygens (including phenoxy) is 2. The molecule has 0 N–H and O–H groups in total. The lowest BCUT2D eigenvalue weighted by Crippen LogP contribution is -2.54. The van der Waals surface area contributed by atoms with Gasteiger partial charge in [-0.1, -0.05) is 52.3 Å². The summed E-state index contributed by atoms with van der Waals surface area (Å²) in [7, 11) is 0. The van der Waals surface area contributed by atoms with Crippen molar-refractivity contribution in [3.05, 3.63) is 64.1 Å². The summed E-state index contributed by atoms with van der Waals surface area (Å²) in [6.07, 6.45) is -0.226. The van der Waals surface area contributed by atoms with Crippen LogP contribution in [0.3, 0.4) is 0 Å². The average molecular weight is 475 g/mol. The topological polar surface area (TPSA) is 42.0 Å². The summed E-state index contributed by atoms with van der Waals surface area (Å²) < 4.78 is 12.5. The zero-order chi connectivity index (χ0) is 21.7. The molecular formula is C24H31BrN2O3. The van der Waals surface area contributed by atoms with Gasteiger partial charge in [0.05, 0.1) is 0 Å². The standard InChI is InChI=1S/C24H31BrN2O3/c1-18-15-26(12-13-27(18)23(28)30-24(2,3)4)16-20-10-11-21(14-22(20)25)29-17-19-8-6-5-7-9-19/h5-11,14,18H,12-13,15-17H2,1-4H3/t18-/m0/s1. The van der Waals surface area contributed by atoms with Gasteiger partial charge in [0.1, 0.15) is 18.0 Å². The molecule has 162 valence electrons. The van der Waals surface area contributed by atoms with E-state index in [1.807, 2.05) is 56.0 Å². The Bertz CT molecular complexity index is 851. The second kappa shape index (κ2) is 9.84. The van der Waals surface area contributed by atoms with Crippen molar-refractivity contribution >= 4 is 22.0 Å². The third-order valence-electron chi connectivity index (χ3n) is 5.01. The fourth-order valence-corrected chi connectivity index (χ4v) is 3.98. The highest BCUT2D eigenvalue weighted by Crippen LogP contribution is 2.26. The average Bonchev–Trinajstić information content (AvgIpc) is 2.68. The first-order valence-electron chi connectivity index (χ1n) is 10.4. The van der Waals surface area contributed by atoms with Crippen LogP contribution in [0.25, 0.3) is 0 Å². The second-order valence-electron chi connectivity index (χ2n) is 8.79. The van der Waals surface area contributed by atoms with E-state index in [4.69, 9.17) is 9.47 Å². The predicted octanol–water partition coefficient (Wildman–Crippen LogP) is 5.47. The van der Waals surface area contributed by atoms with Crippen LogP contribution in [0.15, 0.2) is 53.0 Å². The molecule has 0 bridgehead atoms. The van der Waals surface area contributed by atoms with Gasteiger partial charge in [-0.15, -0.1) is 0 Å². The minimum Gasteiger partial charge on any atom is -0.489 e. The summed E-state index contributed by atoms with van der Waals surface area (Å²) in [6.45, 7) is 11.5. The van der Waals surface area contributed by atoms with Gasteiger partial charge in [-0.25, -0.2) is 4.79 Å². The predicted molar refractivity (Wildman–Crippen MR) is 123 cm³/mol. The van der Waals surface area contributed by atoms with Crippen LogP contribution in [-0.4, -0.2) is 47.2 Å². The summed E-state index contributed by atoms with van der Waals surface area (Å²) in [4.78, 5) is 16.6. The third-order valence-corrected chi connectivity index (χ3v) is 5.74. The van der Waals surface area contributed by atoms with E-state index in [9.17, 15) is 4.79 Å². The molecule has 1 atom stereocenters. The molecule has 1 fully saturated rings. The van der Waals surface area contributed by atoms with Crippen LogP contribution < -0.4 is 4.74 Å². The van der Waals surface area contributed by atoms with Gasteiger partial charge in [-0.05, 0) is 51.0 Å². The summed E-state index contributed by atoms with van der Waals surface area (Å²) in [5, 5.41) is 0. The molecule has 1 heterocycles. The number of benzene rings is 2. The molecule has 30 heavy (non-hydrogen) atoms. The molecule has 5 nitrogen and oxygen atoms in total. The van der Waals surface area contributed by atoms with E-state index in [0.29, 0.717) is 13.2 Å². The Balaban J connectivity index is 1.53. The Morgan fingerprint density at radius 1 is 1.13 bits per heavy atom. The van der Waals surface area contributed by atoms with Crippen molar-refractivity contribution < 1.29 is 14.3 Å². The van der Waals surface area contributed by atoms with Crippen LogP contribution >= 0.6 is 15.9 Å². The number of carbonyl (C=O) groups excluding carboxylic acids is 1. The van der Waals surface area contributed by atoms with E-state index in [-0.39, 0.29) is 12.1 Å². The highest BCUT2D eigenvalue weighted by atomic mass is 79.9. The molecule has 1 saturated heterocycles. The van der Waals surface area contributed by atoms with Crippen molar-refractivity contribution in [2.75, 3.05) is 19.6 Å². The molecule has 1 aliphatic heterocycles. The highest BCUT2D eigenvalue weighted by Gasteiger charge is 2.30. The largest absolute Gasteiger partial charge is 0.489 e.